The fourth-order valence-corrected chi connectivity index (χ4v) is 4.97. The van der Waals surface area contributed by atoms with Crippen molar-refractivity contribution in [1.29, 1.82) is 0 Å². The Hall–Kier alpha value is -2.90. The highest BCUT2D eigenvalue weighted by atomic mass is 32.1. The van der Waals surface area contributed by atoms with Gasteiger partial charge in [-0.1, -0.05) is 12.1 Å². The Morgan fingerprint density at radius 3 is 2.73 bits per heavy atom. The summed E-state index contributed by atoms with van der Waals surface area (Å²) >= 11 is 1.74. The molecule has 2 aromatic carbocycles. The maximum absolute atomic E-state index is 13.1. The predicted molar refractivity (Wildman–Crippen MR) is 118 cm³/mol. The van der Waals surface area contributed by atoms with E-state index in [4.69, 9.17) is 14.1 Å². The second-order valence-corrected chi connectivity index (χ2v) is 8.68. The number of aromatic nitrogens is 1. The monoisotopic (exact) mass is 421 g/mol. The highest BCUT2D eigenvalue weighted by Crippen LogP contribution is 2.30. The van der Waals surface area contributed by atoms with Gasteiger partial charge in [-0.05, 0) is 37.3 Å². The largest absolute Gasteiger partial charge is 0.497 e. The van der Waals surface area contributed by atoms with E-state index in [1.807, 2.05) is 42.2 Å². The number of hydrogen-bond acceptors (Lipinski definition) is 6. The van der Waals surface area contributed by atoms with Crippen LogP contribution < -0.4 is 4.74 Å². The van der Waals surface area contributed by atoms with Crippen molar-refractivity contribution in [3.05, 3.63) is 58.8 Å². The topological polar surface area (TPSA) is 58.8 Å². The summed E-state index contributed by atoms with van der Waals surface area (Å²) in [6.45, 7) is 5.78. The van der Waals surface area contributed by atoms with Crippen LogP contribution in [-0.4, -0.2) is 54.0 Å². The molecule has 2 aromatic heterocycles. The number of furan rings is 1. The molecule has 1 aliphatic rings. The SMILES string of the molecule is COc1ccc2oc(C(=O)N3CCN(Cc4nc5ccccc5s4)CC3)c(C)c2c1. The van der Waals surface area contributed by atoms with Gasteiger partial charge in [0.15, 0.2) is 5.76 Å². The van der Waals surface area contributed by atoms with Crippen molar-refractivity contribution >= 4 is 38.4 Å². The van der Waals surface area contributed by atoms with E-state index in [0.29, 0.717) is 24.4 Å². The minimum absolute atomic E-state index is 0.0395. The number of thiazole rings is 1. The summed E-state index contributed by atoms with van der Waals surface area (Å²) in [4.78, 5) is 22.1. The van der Waals surface area contributed by atoms with Gasteiger partial charge in [-0.2, -0.15) is 0 Å². The second kappa shape index (κ2) is 7.74. The van der Waals surface area contributed by atoms with Crippen molar-refractivity contribution in [3.8, 4) is 5.75 Å². The maximum atomic E-state index is 13.1. The number of ether oxygens (including phenoxy) is 1. The first-order valence-corrected chi connectivity index (χ1v) is 10.9. The third-order valence-corrected chi connectivity index (χ3v) is 6.72. The molecule has 1 aliphatic heterocycles. The Kier molecular flexibility index (Phi) is 4.92. The number of piperazine rings is 1. The molecule has 6 nitrogen and oxygen atoms in total. The summed E-state index contributed by atoms with van der Waals surface area (Å²) in [5, 5.41) is 2.05. The molecule has 0 saturated carbocycles. The summed E-state index contributed by atoms with van der Waals surface area (Å²) in [5.74, 6) is 1.15. The predicted octanol–water partition coefficient (Wildman–Crippen LogP) is 4.32. The van der Waals surface area contributed by atoms with Gasteiger partial charge in [0, 0.05) is 37.1 Å². The van der Waals surface area contributed by atoms with Crippen molar-refractivity contribution in [2.24, 2.45) is 0 Å². The van der Waals surface area contributed by atoms with E-state index in [1.165, 1.54) is 4.70 Å². The molecular formula is C23H23N3O3S. The second-order valence-electron chi connectivity index (χ2n) is 7.56. The van der Waals surface area contributed by atoms with Crippen LogP contribution in [0.2, 0.25) is 0 Å². The highest BCUT2D eigenvalue weighted by Gasteiger charge is 2.27. The van der Waals surface area contributed by atoms with E-state index in [0.717, 1.165) is 46.9 Å². The first-order chi connectivity index (χ1) is 14.6. The van der Waals surface area contributed by atoms with Gasteiger partial charge in [-0.15, -0.1) is 11.3 Å². The van der Waals surface area contributed by atoms with Crippen molar-refractivity contribution in [2.45, 2.75) is 13.5 Å². The van der Waals surface area contributed by atoms with Crippen LogP contribution >= 0.6 is 11.3 Å². The summed E-state index contributed by atoms with van der Waals surface area (Å²) in [6.07, 6.45) is 0. The van der Waals surface area contributed by atoms with E-state index in [1.54, 1.807) is 18.4 Å². The van der Waals surface area contributed by atoms with Gasteiger partial charge < -0.3 is 14.1 Å². The summed E-state index contributed by atoms with van der Waals surface area (Å²) in [7, 11) is 1.64. The molecule has 0 unspecified atom stereocenters. The number of rotatable bonds is 4. The lowest BCUT2D eigenvalue weighted by Gasteiger charge is -2.33. The van der Waals surface area contributed by atoms with Gasteiger partial charge in [-0.3, -0.25) is 9.69 Å². The van der Waals surface area contributed by atoms with E-state index < -0.39 is 0 Å². The Morgan fingerprint density at radius 1 is 1.17 bits per heavy atom. The van der Waals surface area contributed by atoms with Crippen LogP contribution in [-0.2, 0) is 6.54 Å². The number of benzene rings is 2. The molecule has 0 bridgehead atoms. The fourth-order valence-electron chi connectivity index (χ4n) is 3.96. The molecule has 30 heavy (non-hydrogen) atoms. The molecule has 0 spiro atoms. The molecule has 154 valence electrons. The lowest BCUT2D eigenvalue weighted by molar-refractivity contribution is 0.0599. The number of amides is 1. The normalized spacial score (nSPS) is 15.2. The molecule has 5 rings (SSSR count). The molecule has 1 amide bonds. The molecule has 0 aliphatic carbocycles. The van der Waals surface area contributed by atoms with Crippen molar-refractivity contribution in [2.75, 3.05) is 33.3 Å². The molecule has 1 fully saturated rings. The molecular weight excluding hydrogens is 398 g/mol. The zero-order chi connectivity index (χ0) is 20.7. The summed E-state index contributed by atoms with van der Waals surface area (Å²) < 4.78 is 12.4. The Balaban J connectivity index is 1.26. The van der Waals surface area contributed by atoms with E-state index in [2.05, 4.69) is 17.0 Å². The number of aryl methyl sites for hydroxylation is 1. The first-order valence-electron chi connectivity index (χ1n) is 10.1. The Bertz CT molecular complexity index is 1190. The summed E-state index contributed by atoms with van der Waals surface area (Å²) in [6, 6.07) is 13.8. The zero-order valence-electron chi connectivity index (χ0n) is 17.1. The molecule has 3 heterocycles. The lowest BCUT2D eigenvalue weighted by Crippen LogP contribution is -2.48. The first kappa shape index (κ1) is 19.1. The molecule has 4 aromatic rings. The van der Waals surface area contributed by atoms with Crippen molar-refractivity contribution in [3.63, 3.8) is 0 Å². The standard InChI is InChI=1S/C23H23N3O3S/c1-15-17-13-16(28-2)7-8-19(17)29-22(15)23(27)26-11-9-25(10-12-26)14-21-24-18-5-3-4-6-20(18)30-21/h3-8,13H,9-12,14H2,1-2H3. The number of nitrogens with zero attached hydrogens (tertiary/aromatic N) is 3. The van der Waals surface area contributed by atoms with E-state index >= 15 is 0 Å². The number of methoxy groups -OCH3 is 1. The number of hydrogen-bond donors (Lipinski definition) is 0. The average Bonchev–Trinajstić information content (AvgIpc) is 3.33. The third kappa shape index (κ3) is 3.44. The average molecular weight is 422 g/mol. The zero-order valence-corrected chi connectivity index (χ0v) is 17.9. The minimum Gasteiger partial charge on any atom is -0.497 e. The van der Waals surface area contributed by atoms with Crippen molar-refractivity contribution < 1.29 is 13.9 Å². The van der Waals surface area contributed by atoms with Crippen LogP contribution in [0.4, 0.5) is 0 Å². The van der Waals surface area contributed by atoms with Gasteiger partial charge in [0.05, 0.1) is 23.9 Å². The Labute approximate surface area is 178 Å². The molecule has 0 atom stereocenters. The fraction of sp³-hybridized carbons (Fsp3) is 0.304. The van der Waals surface area contributed by atoms with Gasteiger partial charge in [0.25, 0.3) is 5.91 Å². The Morgan fingerprint density at radius 2 is 1.97 bits per heavy atom. The van der Waals surface area contributed by atoms with Crippen LogP contribution in [0.3, 0.4) is 0 Å². The summed E-state index contributed by atoms with van der Waals surface area (Å²) in [5.41, 5.74) is 2.64. The third-order valence-electron chi connectivity index (χ3n) is 5.69. The van der Waals surface area contributed by atoms with Crippen LogP contribution in [0.5, 0.6) is 5.75 Å². The quantitative estimate of drug-likeness (QED) is 0.491. The highest BCUT2D eigenvalue weighted by molar-refractivity contribution is 7.18. The van der Waals surface area contributed by atoms with Gasteiger partial charge in [-0.25, -0.2) is 4.98 Å². The van der Waals surface area contributed by atoms with Crippen LogP contribution in [0.15, 0.2) is 46.9 Å². The van der Waals surface area contributed by atoms with Crippen molar-refractivity contribution in [1.82, 2.24) is 14.8 Å². The van der Waals surface area contributed by atoms with Gasteiger partial charge in [0.1, 0.15) is 16.3 Å². The van der Waals surface area contributed by atoms with Gasteiger partial charge in [0.2, 0.25) is 0 Å². The van der Waals surface area contributed by atoms with E-state index in [-0.39, 0.29) is 5.91 Å². The lowest BCUT2D eigenvalue weighted by atomic mass is 10.1. The van der Waals surface area contributed by atoms with E-state index in [9.17, 15) is 4.79 Å². The van der Waals surface area contributed by atoms with Crippen LogP contribution in [0, 0.1) is 6.92 Å². The minimum atomic E-state index is -0.0395. The number of para-hydroxylation sites is 1. The molecule has 0 N–H and O–H groups in total. The number of fused-ring (bicyclic) bond motifs is 2. The number of carbonyl (C=O) groups excluding carboxylic acids is 1. The smallest absolute Gasteiger partial charge is 0.289 e. The molecule has 1 saturated heterocycles. The van der Waals surface area contributed by atoms with Crippen LogP contribution in [0.25, 0.3) is 21.2 Å². The van der Waals surface area contributed by atoms with Crippen LogP contribution in [0.1, 0.15) is 21.1 Å². The number of carbonyl (C=O) groups is 1. The molecule has 7 heteroatoms. The molecule has 0 radical (unpaired) electrons. The maximum Gasteiger partial charge on any atom is 0.289 e. The van der Waals surface area contributed by atoms with Gasteiger partial charge >= 0.3 is 0 Å².